The van der Waals surface area contributed by atoms with Crippen LogP contribution in [-0.4, -0.2) is 47.6 Å². The number of ether oxygens (including phenoxy) is 1. The average Bonchev–Trinajstić information content (AvgIpc) is 2.87. The number of hydrogen-bond acceptors (Lipinski definition) is 5. The van der Waals surface area contributed by atoms with Gasteiger partial charge in [0.2, 0.25) is 0 Å². The SMILES string of the molecule is CCN(CCCO)Cc1cc(C(=O)Nc2ccc3c(c2)NC(=O)C(C)O3)ccc1-c1ccccc1. The summed E-state index contributed by atoms with van der Waals surface area (Å²) in [6.45, 7) is 6.22. The zero-order chi connectivity index (χ0) is 24.8. The van der Waals surface area contributed by atoms with Gasteiger partial charge in [-0.05, 0) is 66.9 Å². The molecule has 0 aliphatic carbocycles. The normalized spacial score (nSPS) is 14.7. The van der Waals surface area contributed by atoms with Crippen LogP contribution in [0.3, 0.4) is 0 Å². The molecular weight excluding hydrogens is 442 g/mol. The van der Waals surface area contributed by atoms with Crippen LogP contribution in [0.15, 0.2) is 66.7 Å². The third-order valence-corrected chi connectivity index (χ3v) is 6.09. The molecule has 3 N–H and O–H groups in total. The third-order valence-electron chi connectivity index (χ3n) is 6.09. The zero-order valence-electron chi connectivity index (χ0n) is 20.1. The number of amides is 2. The number of benzene rings is 3. The van der Waals surface area contributed by atoms with Gasteiger partial charge in [-0.3, -0.25) is 14.5 Å². The Balaban J connectivity index is 1.59. The van der Waals surface area contributed by atoms with Gasteiger partial charge in [0.15, 0.2) is 6.10 Å². The number of carbonyl (C=O) groups excluding carboxylic acids is 2. The first-order valence-corrected chi connectivity index (χ1v) is 11.9. The molecule has 4 rings (SSSR count). The van der Waals surface area contributed by atoms with E-state index in [9.17, 15) is 14.7 Å². The average molecular weight is 474 g/mol. The molecule has 1 unspecified atom stereocenters. The Bertz CT molecular complexity index is 1200. The molecule has 0 spiro atoms. The molecular formula is C28H31N3O4. The van der Waals surface area contributed by atoms with Gasteiger partial charge in [0, 0.05) is 30.9 Å². The van der Waals surface area contributed by atoms with E-state index in [0.29, 0.717) is 35.7 Å². The molecule has 3 aromatic rings. The number of aliphatic hydroxyl groups is 1. The molecule has 1 heterocycles. The summed E-state index contributed by atoms with van der Waals surface area (Å²) in [7, 11) is 0. The number of anilines is 2. The van der Waals surface area contributed by atoms with Gasteiger partial charge in [-0.25, -0.2) is 0 Å². The molecule has 0 fully saturated rings. The minimum Gasteiger partial charge on any atom is -0.479 e. The van der Waals surface area contributed by atoms with Crippen LogP contribution in [0.1, 0.15) is 36.2 Å². The van der Waals surface area contributed by atoms with Crippen molar-refractivity contribution in [2.24, 2.45) is 0 Å². The highest BCUT2D eigenvalue weighted by atomic mass is 16.5. The van der Waals surface area contributed by atoms with E-state index in [4.69, 9.17) is 4.74 Å². The third kappa shape index (κ3) is 5.88. The summed E-state index contributed by atoms with van der Waals surface area (Å²) in [5.41, 5.74) is 4.86. The number of aliphatic hydroxyl groups excluding tert-OH is 1. The Hall–Kier alpha value is -3.68. The largest absolute Gasteiger partial charge is 0.479 e. The van der Waals surface area contributed by atoms with Gasteiger partial charge in [-0.15, -0.1) is 0 Å². The molecule has 0 saturated carbocycles. The quantitative estimate of drug-likeness (QED) is 0.425. The predicted molar refractivity (Wildman–Crippen MR) is 138 cm³/mol. The summed E-state index contributed by atoms with van der Waals surface area (Å²) in [6.07, 6.45) is 0.149. The standard InChI is InChI=1S/C28H31N3O4/c1-3-31(14-7-15-32)18-22-16-21(10-12-24(22)20-8-5-4-6-9-20)28(34)29-23-11-13-26-25(17-23)30-27(33)19(2)35-26/h4-6,8-13,16-17,19,32H,3,7,14-15,18H2,1-2H3,(H,29,34)(H,30,33). The Morgan fingerprint density at radius 2 is 1.91 bits per heavy atom. The number of fused-ring (bicyclic) bond motifs is 1. The van der Waals surface area contributed by atoms with Gasteiger partial charge in [-0.1, -0.05) is 43.3 Å². The molecule has 1 aliphatic rings. The minimum absolute atomic E-state index is 0.148. The summed E-state index contributed by atoms with van der Waals surface area (Å²) in [5, 5.41) is 15.0. The molecule has 3 aromatic carbocycles. The first-order chi connectivity index (χ1) is 17.0. The molecule has 1 atom stereocenters. The molecule has 0 saturated heterocycles. The van der Waals surface area contributed by atoms with Crippen LogP contribution in [-0.2, 0) is 11.3 Å². The summed E-state index contributed by atoms with van der Waals surface area (Å²) in [5.74, 6) is 0.122. The Morgan fingerprint density at radius 3 is 2.66 bits per heavy atom. The number of hydrogen-bond donors (Lipinski definition) is 3. The van der Waals surface area contributed by atoms with Gasteiger partial charge in [0.25, 0.3) is 11.8 Å². The summed E-state index contributed by atoms with van der Waals surface area (Å²) in [6, 6.07) is 21.1. The van der Waals surface area contributed by atoms with Crippen molar-refractivity contribution in [1.82, 2.24) is 4.90 Å². The summed E-state index contributed by atoms with van der Waals surface area (Å²) < 4.78 is 5.59. The zero-order valence-corrected chi connectivity index (χ0v) is 20.1. The van der Waals surface area contributed by atoms with E-state index < -0.39 is 6.10 Å². The molecule has 35 heavy (non-hydrogen) atoms. The Labute approximate surface area is 205 Å². The van der Waals surface area contributed by atoms with Crippen LogP contribution in [0.4, 0.5) is 11.4 Å². The molecule has 0 radical (unpaired) electrons. The van der Waals surface area contributed by atoms with Gasteiger partial charge in [0.1, 0.15) is 5.75 Å². The second-order valence-electron chi connectivity index (χ2n) is 8.60. The van der Waals surface area contributed by atoms with Crippen LogP contribution in [0.5, 0.6) is 5.75 Å². The van der Waals surface area contributed by atoms with Gasteiger partial charge in [-0.2, -0.15) is 0 Å². The molecule has 7 heteroatoms. The topological polar surface area (TPSA) is 90.9 Å². The van der Waals surface area contributed by atoms with Crippen LogP contribution >= 0.6 is 0 Å². The van der Waals surface area contributed by atoms with Gasteiger partial charge >= 0.3 is 0 Å². The minimum atomic E-state index is -0.551. The van der Waals surface area contributed by atoms with Crippen molar-refractivity contribution in [3.63, 3.8) is 0 Å². The molecule has 2 amide bonds. The fourth-order valence-electron chi connectivity index (χ4n) is 4.14. The monoisotopic (exact) mass is 473 g/mol. The first-order valence-electron chi connectivity index (χ1n) is 11.9. The van der Waals surface area contributed by atoms with E-state index >= 15 is 0 Å². The van der Waals surface area contributed by atoms with Crippen LogP contribution in [0.2, 0.25) is 0 Å². The second-order valence-corrected chi connectivity index (χ2v) is 8.60. The van der Waals surface area contributed by atoms with Crippen molar-refractivity contribution >= 4 is 23.2 Å². The summed E-state index contributed by atoms with van der Waals surface area (Å²) in [4.78, 5) is 27.3. The maximum Gasteiger partial charge on any atom is 0.265 e. The Morgan fingerprint density at radius 1 is 1.11 bits per heavy atom. The number of carbonyl (C=O) groups is 2. The lowest BCUT2D eigenvalue weighted by atomic mass is 9.96. The molecule has 182 valence electrons. The number of nitrogens with one attached hydrogen (secondary N) is 2. The van der Waals surface area contributed by atoms with Gasteiger partial charge < -0.3 is 20.5 Å². The van der Waals surface area contributed by atoms with Crippen molar-refractivity contribution < 1.29 is 19.4 Å². The van der Waals surface area contributed by atoms with Crippen molar-refractivity contribution in [3.05, 3.63) is 77.9 Å². The molecule has 7 nitrogen and oxygen atoms in total. The van der Waals surface area contributed by atoms with E-state index in [1.54, 1.807) is 25.1 Å². The van der Waals surface area contributed by atoms with Crippen molar-refractivity contribution in [2.45, 2.75) is 32.9 Å². The highest BCUT2D eigenvalue weighted by Gasteiger charge is 2.24. The lowest BCUT2D eigenvalue weighted by Gasteiger charge is -2.24. The van der Waals surface area contributed by atoms with Crippen molar-refractivity contribution in [2.75, 3.05) is 30.3 Å². The highest BCUT2D eigenvalue weighted by Crippen LogP contribution is 2.32. The van der Waals surface area contributed by atoms with Crippen LogP contribution < -0.4 is 15.4 Å². The van der Waals surface area contributed by atoms with E-state index in [0.717, 1.165) is 29.8 Å². The second kappa shape index (κ2) is 11.2. The van der Waals surface area contributed by atoms with Crippen molar-refractivity contribution in [1.29, 1.82) is 0 Å². The van der Waals surface area contributed by atoms with Crippen LogP contribution in [0, 0.1) is 0 Å². The summed E-state index contributed by atoms with van der Waals surface area (Å²) >= 11 is 0. The maximum atomic E-state index is 13.1. The molecule has 0 aromatic heterocycles. The van der Waals surface area contributed by atoms with E-state index in [1.807, 2.05) is 36.4 Å². The fraction of sp³-hybridized carbons (Fsp3) is 0.286. The van der Waals surface area contributed by atoms with Gasteiger partial charge in [0.05, 0.1) is 5.69 Å². The van der Waals surface area contributed by atoms with E-state index in [2.05, 4.69) is 34.6 Å². The molecule has 1 aliphatic heterocycles. The number of rotatable bonds is 9. The van der Waals surface area contributed by atoms with E-state index in [1.165, 1.54) is 0 Å². The van der Waals surface area contributed by atoms with E-state index in [-0.39, 0.29) is 18.4 Å². The van der Waals surface area contributed by atoms with Crippen LogP contribution in [0.25, 0.3) is 11.1 Å². The lowest BCUT2D eigenvalue weighted by Crippen LogP contribution is -2.34. The maximum absolute atomic E-state index is 13.1. The molecule has 0 bridgehead atoms. The lowest BCUT2D eigenvalue weighted by molar-refractivity contribution is -0.122. The first kappa shape index (κ1) is 24.4. The van der Waals surface area contributed by atoms with Crippen molar-refractivity contribution in [3.8, 4) is 16.9 Å². The highest BCUT2D eigenvalue weighted by molar-refractivity contribution is 6.05. The number of nitrogens with zero attached hydrogens (tertiary/aromatic N) is 1. The predicted octanol–water partition coefficient (Wildman–Crippen LogP) is 4.53. The Kier molecular flexibility index (Phi) is 7.80. The smallest absolute Gasteiger partial charge is 0.265 e. The fourth-order valence-corrected chi connectivity index (χ4v) is 4.14.